The molecule has 0 radical (unpaired) electrons. The first-order chi connectivity index (χ1) is 5.24. The molecular formula is C8H15BrN2. The minimum absolute atomic E-state index is 0.731. The molecule has 0 aromatic rings. The predicted molar refractivity (Wildman–Crippen MR) is 52.0 cm³/mol. The van der Waals surface area contributed by atoms with Crippen molar-refractivity contribution < 1.29 is 0 Å². The maximum Gasteiger partial charge on any atom is 0.0349 e. The van der Waals surface area contributed by atoms with Crippen LogP contribution in [0.25, 0.3) is 0 Å². The van der Waals surface area contributed by atoms with Crippen molar-refractivity contribution in [2.24, 2.45) is 0 Å². The van der Waals surface area contributed by atoms with Gasteiger partial charge in [-0.1, -0.05) is 29.4 Å². The van der Waals surface area contributed by atoms with Gasteiger partial charge in [0.1, 0.15) is 0 Å². The summed E-state index contributed by atoms with van der Waals surface area (Å²) in [5, 5.41) is 3.26. The summed E-state index contributed by atoms with van der Waals surface area (Å²) in [6.07, 6.45) is 0. The number of rotatable bonds is 4. The van der Waals surface area contributed by atoms with Crippen LogP contribution in [-0.4, -0.2) is 37.1 Å². The summed E-state index contributed by atoms with van der Waals surface area (Å²) >= 11 is 3.38. The van der Waals surface area contributed by atoms with Gasteiger partial charge in [-0.15, -0.1) is 0 Å². The van der Waals surface area contributed by atoms with E-state index in [2.05, 4.69) is 39.6 Å². The molecule has 1 fully saturated rings. The number of likely N-dealkylation sites (N-methyl/N-ethyl adjacent to an activating group) is 1. The van der Waals surface area contributed by atoms with Crippen LogP contribution in [-0.2, 0) is 0 Å². The Morgan fingerprint density at radius 3 is 2.64 bits per heavy atom. The average Bonchev–Trinajstić information content (AvgIpc) is 1.81. The Morgan fingerprint density at radius 1 is 1.73 bits per heavy atom. The maximum absolute atomic E-state index is 3.84. The highest BCUT2D eigenvalue weighted by Crippen LogP contribution is 2.10. The molecule has 64 valence electrons. The molecule has 0 spiro atoms. The zero-order chi connectivity index (χ0) is 8.27. The van der Waals surface area contributed by atoms with Crippen molar-refractivity contribution in [3.8, 4) is 0 Å². The summed E-state index contributed by atoms with van der Waals surface area (Å²) in [5.74, 6) is 0. The van der Waals surface area contributed by atoms with Gasteiger partial charge < -0.3 is 5.32 Å². The lowest BCUT2D eigenvalue weighted by Gasteiger charge is -2.37. The molecule has 3 heteroatoms. The molecule has 11 heavy (non-hydrogen) atoms. The molecule has 0 aliphatic carbocycles. The van der Waals surface area contributed by atoms with Gasteiger partial charge in [-0.3, -0.25) is 4.90 Å². The number of nitrogens with zero attached hydrogens (tertiary/aromatic N) is 1. The van der Waals surface area contributed by atoms with Crippen molar-refractivity contribution in [1.82, 2.24) is 10.2 Å². The van der Waals surface area contributed by atoms with Crippen LogP contribution in [0.4, 0.5) is 0 Å². The highest BCUT2D eigenvalue weighted by atomic mass is 79.9. The van der Waals surface area contributed by atoms with E-state index in [4.69, 9.17) is 0 Å². The van der Waals surface area contributed by atoms with Gasteiger partial charge in [0.15, 0.2) is 0 Å². The zero-order valence-corrected chi connectivity index (χ0v) is 8.52. The Balaban J connectivity index is 2.29. The minimum atomic E-state index is 0.731. The Hall–Kier alpha value is 0.140. The van der Waals surface area contributed by atoms with E-state index >= 15 is 0 Å². The van der Waals surface area contributed by atoms with Gasteiger partial charge in [-0.25, -0.2) is 0 Å². The topological polar surface area (TPSA) is 15.3 Å². The zero-order valence-electron chi connectivity index (χ0n) is 6.94. The van der Waals surface area contributed by atoms with Gasteiger partial charge in [0.2, 0.25) is 0 Å². The Bertz CT molecular complexity index is 143. The SMILES string of the molecule is C=C(Br)CN(CC)C1CNC1. The largest absolute Gasteiger partial charge is 0.314 e. The van der Waals surface area contributed by atoms with E-state index in [9.17, 15) is 0 Å². The summed E-state index contributed by atoms with van der Waals surface area (Å²) in [5.41, 5.74) is 0. The van der Waals surface area contributed by atoms with Gasteiger partial charge >= 0.3 is 0 Å². The first kappa shape index (κ1) is 9.23. The monoisotopic (exact) mass is 218 g/mol. The summed E-state index contributed by atoms with van der Waals surface area (Å²) in [4.78, 5) is 2.42. The van der Waals surface area contributed by atoms with Gasteiger partial charge in [-0.2, -0.15) is 0 Å². The molecule has 0 saturated carbocycles. The van der Waals surface area contributed by atoms with Crippen LogP contribution in [0.3, 0.4) is 0 Å². The smallest absolute Gasteiger partial charge is 0.0349 e. The highest BCUT2D eigenvalue weighted by molar-refractivity contribution is 9.11. The molecule has 1 N–H and O–H groups in total. The van der Waals surface area contributed by atoms with Crippen molar-refractivity contribution in [3.05, 3.63) is 11.1 Å². The molecule has 0 amide bonds. The number of nitrogens with one attached hydrogen (secondary N) is 1. The van der Waals surface area contributed by atoms with Gasteiger partial charge in [-0.05, 0) is 6.54 Å². The molecule has 0 aromatic heterocycles. The first-order valence-electron chi connectivity index (χ1n) is 4.02. The fraction of sp³-hybridized carbons (Fsp3) is 0.750. The molecule has 1 heterocycles. The lowest BCUT2D eigenvalue weighted by Crippen LogP contribution is -2.57. The van der Waals surface area contributed by atoms with Crippen molar-refractivity contribution in [1.29, 1.82) is 0 Å². The third-order valence-corrected chi connectivity index (χ3v) is 2.31. The lowest BCUT2D eigenvalue weighted by atomic mass is 10.1. The van der Waals surface area contributed by atoms with E-state index in [-0.39, 0.29) is 0 Å². The van der Waals surface area contributed by atoms with Crippen molar-refractivity contribution in [3.63, 3.8) is 0 Å². The van der Waals surface area contributed by atoms with E-state index in [1.54, 1.807) is 0 Å². The van der Waals surface area contributed by atoms with E-state index in [0.717, 1.165) is 36.7 Å². The van der Waals surface area contributed by atoms with Crippen molar-refractivity contribution in [2.75, 3.05) is 26.2 Å². The molecule has 1 rings (SSSR count). The fourth-order valence-electron chi connectivity index (χ4n) is 1.25. The number of hydrogen-bond donors (Lipinski definition) is 1. The fourth-order valence-corrected chi connectivity index (χ4v) is 1.57. The molecule has 1 saturated heterocycles. The molecule has 2 nitrogen and oxygen atoms in total. The molecule has 0 aromatic carbocycles. The third kappa shape index (κ3) is 2.58. The standard InChI is InChI=1S/C8H15BrN2/c1-3-11(6-7(2)9)8-4-10-5-8/h8,10H,2-6H2,1H3. The summed E-state index contributed by atoms with van der Waals surface area (Å²) in [6, 6.07) is 0.731. The second kappa shape index (κ2) is 4.24. The van der Waals surface area contributed by atoms with Gasteiger partial charge in [0, 0.05) is 30.2 Å². The Morgan fingerprint density at radius 2 is 2.36 bits per heavy atom. The molecule has 0 unspecified atom stereocenters. The number of halogens is 1. The number of hydrogen-bond acceptors (Lipinski definition) is 2. The molecular weight excluding hydrogens is 204 g/mol. The van der Waals surface area contributed by atoms with Gasteiger partial charge in [0.05, 0.1) is 0 Å². The van der Waals surface area contributed by atoms with E-state index < -0.39 is 0 Å². The Labute approximate surface area is 76.8 Å². The second-order valence-electron chi connectivity index (χ2n) is 2.89. The van der Waals surface area contributed by atoms with Crippen LogP contribution >= 0.6 is 15.9 Å². The first-order valence-corrected chi connectivity index (χ1v) is 4.81. The van der Waals surface area contributed by atoms with Crippen molar-refractivity contribution in [2.45, 2.75) is 13.0 Å². The molecule has 1 aliphatic rings. The predicted octanol–water partition coefficient (Wildman–Crippen LogP) is 1.19. The molecule has 0 atom stereocenters. The maximum atomic E-state index is 3.84. The van der Waals surface area contributed by atoms with Crippen LogP contribution < -0.4 is 5.32 Å². The van der Waals surface area contributed by atoms with E-state index in [0.29, 0.717) is 0 Å². The molecule has 1 aliphatic heterocycles. The molecule has 0 bridgehead atoms. The third-order valence-electron chi connectivity index (χ3n) is 2.06. The van der Waals surface area contributed by atoms with Crippen LogP contribution in [0.1, 0.15) is 6.92 Å². The summed E-state index contributed by atoms with van der Waals surface area (Å²) in [7, 11) is 0. The minimum Gasteiger partial charge on any atom is -0.314 e. The quantitative estimate of drug-likeness (QED) is 0.764. The highest BCUT2D eigenvalue weighted by Gasteiger charge is 2.22. The van der Waals surface area contributed by atoms with E-state index in [1.807, 2.05) is 0 Å². The van der Waals surface area contributed by atoms with Crippen LogP contribution in [0, 0.1) is 0 Å². The normalized spacial score (nSPS) is 18.5. The second-order valence-corrected chi connectivity index (χ2v) is 4.01. The average molecular weight is 219 g/mol. The summed E-state index contributed by atoms with van der Waals surface area (Å²) in [6.45, 7) is 10.4. The van der Waals surface area contributed by atoms with Crippen LogP contribution in [0.5, 0.6) is 0 Å². The Kier molecular flexibility index (Phi) is 3.55. The summed E-state index contributed by atoms with van der Waals surface area (Å²) < 4.78 is 1.08. The van der Waals surface area contributed by atoms with E-state index in [1.165, 1.54) is 0 Å². The van der Waals surface area contributed by atoms with Gasteiger partial charge in [0.25, 0.3) is 0 Å². The van der Waals surface area contributed by atoms with Crippen LogP contribution in [0.2, 0.25) is 0 Å². The van der Waals surface area contributed by atoms with Crippen molar-refractivity contribution >= 4 is 15.9 Å². The van der Waals surface area contributed by atoms with Crippen LogP contribution in [0.15, 0.2) is 11.1 Å². The lowest BCUT2D eigenvalue weighted by molar-refractivity contribution is 0.168.